The van der Waals surface area contributed by atoms with Gasteiger partial charge in [0.05, 0.1) is 6.61 Å². The van der Waals surface area contributed by atoms with Gasteiger partial charge in [0, 0.05) is 39.3 Å². The molecule has 1 aliphatic rings. The molecule has 0 spiro atoms. The van der Waals surface area contributed by atoms with Crippen LogP contribution < -0.4 is 5.32 Å². The van der Waals surface area contributed by atoms with Gasteiger partial charge in [-0.05, 0) is 33.5 Å². The number of piperazine rings is 1. The normalized spacial score (nSPS) is 18.2. The van der Waals surface area contributed by atoms with E-state index in [1.807, 2.05) is 6.92 Å². The Bertz CT molecular complexity index is 160. The van der Waals surface area contributed by atoms with E-state index in [9.17, 15) is 0 Å². The summed E-state index contributed by atoms with van der Waals surface area (Å²) in [5.74, 6) is 0. The predicted octanol–water partition coefficient (Wildman–Crippen LogP) is 0.250. The Hall–Kier alpha value is -0.160. The minimum Gasteiger partial charge on any atom is -0.380 e. The summed E-state index contributed by atoms with van der Waals surface area (Å²) in [5.41, 5.74) is 0. The first-order valence-electron chi connectivity index (χ1n) is 6.52. The molecule has 1 fully saturated rings. The Morgan fingerprint density at radius 3 is 2.69 bits per heavy atom. The maximum atomic E-state index is 5.34. The highest BCUT2D eigenvalue weighted by atomic mass is 16.5. The number of nitrogens with one attached hydrogen (secondary N) is 1. The summed E-state index contributed by atoms with van der Waals surface area (Å²) in [6.07, 6.45) is 1.27. The summed E-state index contributed by atoms with van der Waals surface area (Å²) in [7, 11) is 2.18. The predicted molar refractivity (Wildman–Crippen MR) is 67.9 cm³/mol. The van der Waals surface area contributed by atoms with Gasteiger partial charge in [0.2, 0.25) is 0 Å². The third kappa shape index (κ3) is 6.43. The van der Waals surface area contributed by atoms with E-state index < -0.39 is 0 Å². The summed E-state index contributed by atoms with van der Waals surface area (Å²) >= 11 is 0. The zero-order valence-corrected chi connectivity index (χ0v) is 10.9. The van der Waals surface area contributed by atoms with Crippen molar-refractivity contribution in [2.45, 2.75) is 13.3 Å². The molecule has 1 aliphatic heterocycles. The van der Waals surface area contributed by atoms with E-state index in [1.165, 1.54) is 32.6 Å². The van der Waals surface area contributed by atoms with Crippen LogP contribution in [0.25, 0.3) is 0 Å². The molecule has 0 aromatic heterocycles. The summed E-state index contributed by atoms with van der Waals surface area (Å²) < 4.78 is 5.34. The smallest absolute Gasteiger partial charge is 0.0593 e. The molecule has 0 aromatic rings. The molecule has 0 aromatic carbocycles. The Morgan fingerprint density at radius 2 is 2.00 bits per heavy atom. The molecule has 16 heavy (non-hydrogen) atoms. The second-order valence-electron chi connectivity index (χ2n) is 4.45. The zero-order valence-electron chi connectivity index (χ0n) is 10.9. The molecular weight excluding hydrogens is 202 g/mol. The van der Waals surface area contributed by atoms with Gasteiger partial charge in [-0.15, -0.1) is 0 Å². The van der Waals surface area contributed by atoms with Gasteiger partial charge in [-0.2, -0.15) is 0 Å². The van der Waals surface area contributed by atoms with Gasteiger partial charge in [-0.3, -0.25) is 0 Å². The lowest BCUT2D eigenvalue weighted by Gasteiger charge is -2.27. The van der Waals surface area contributed by atoms with Crippen molar-refractivity contribution in [2.75, 3.05) is 66.1 Å². The molecule has 4 heteroatoms. The van der Waals surface area contributed by atoms with Crippen molar-refractivity contribution in [1.82, 2.24) is 15.1 Å². The van der Waals surface area contributed by atoms with Gasteiger partial charge in [0.1, 0.15) is 0 Å². The molecule has 4 nitrogen and oxygen atoms in total. The van der Waals surface area contributed by atoms with E-state index in [1.54, 1.807) is 0 Å². The third-order valence-electron chi connectivity index (χ3n) is 3.05. The number of likely N-dealkylation sites (N-methyl/N-ethyl adjacent to an activating group) is 1. The Kier molecular flexibility index (Phi) is 7.76. The van der Waals surface area contributed by atoms with Gasteiger partial charge in [-0.1, -0.05) is 0 Å². The number of ether oxygens (including phenoxy) is 1. The van der Waals surface area contributed by atoms with Gasteiger partial charge in [0.25, 0.3) is 0 Å². The monoisotopic (exact) mass is 229 g/mol. The first kappa shape index (κ1) is 13.9. The molecule has 0 unspecified atom stereocenters. The van der Waals surface area contributed by atoms with Crippen LogP contribution in [0.5, 0.6) is 0 Å². The third-order valence-corrected chi connectivity index (χ3v) is 3.05. The van der Waals surface area contributed by atoms with Crippen molar-refractivity contribution >= 4 is 0 Å². The molecule has 1 saturated heterocycles. The van der Waals surface area contributed by atoms with Crippen LogP contribution in [0.2, 0.25) is 0 Å². The highest BCUT2D eigenvalue weighted by Gasteiger charge is 2.08. The second kappa shape index (κ2) is 8.93. The van der Waals surface area contributed by atoms with Crippen LogP contribution in [0.3, 0.4) is 0 Å². The first-order valence-corrected chi connectivity index (χ1v) is 6.52. The maximum absolute atomic E-state index is 5.34. The number of nitrogens with zero attached hydrogens (tertiary/aromatic N) is 2. The van der Waals surface area contributed by atoms with Crippen LogP contribution >= 0.6 is 0 Å². The highest BCUT2D eigenvalue weighted by Crippen LogP contribution is 1.96. The van der Waals surface area contributed by atoms with Crippen molar-refractivity contribution in [1.29, 1.82) is 0 Å². The Balaban J connectivity index is 1.92. The van der Waals surface area contributed by atoms with Crippen LogP contribution in [0, 0.1) is 0 Å². The van der Waals surface area contributed by atoms with Crippen molar-refractivity contribution in [3.05, 3.63) is 0 Å². The average Bonchev–Trinajstić information content (AvgIpc) is 2.31. The van der Waals surface area contributed by atoms with Gasteiger partial charge in [0.15, 0.2) is 0 Å². The zero-order chi connectivity index (χ0) is 11.6. The Labute approximate surface area is 99.9 Å². The lowest BCUT2D eigenvalue weighted by Crippen LogP contribution is -2.44. The van der Waals surface area contributed by atoms with Gasteiger partial charge < -0.3 is 19.9 Å². The summed E-state index contributed by atoms with van der Waals surface area (Å²) in [4.78, 5) is 4.91. The molecule has 1 heterocycles. The molecule has 96 valence electrons. The highest BCUT2D eigenvalue weighted by molar-refractivity contribution is 4.67. The molecule has 0 atom stereocenters. The van der Waals surface area contributed by atoms with E-state index in [0.29, 0.717) is 0 Å². The average molecular weight is 229 g/mol. The molecular formula is C12H27N3O. The summed E-state index contributed by atoms with van der Waals surface area (Å²) in [6, 6.07) is 0. The van der Waals surface area contributed by atoms with Gasteiger partial charge >= 0.3 is 0 Å². The standard InChI is InChI=1S/C12H27N3O/c1-3-16-12-11-14(2)7-4-8-15-9-5-13-6-10-15/h13H,3-12H2,1-2H3. The van der Waals surface area contributed by atoms with Crippen molar-refractivity contribution in [3.63, 3.8) is 0 Å². The molecule has 0 aliphatic carbocycles. The summed E-state index contributed by atoms with van der Waals surface area (Å²) in [6.45, 7) is 11.9. The lowest BCUT2D eigenvalue weighted by molar-refractivity contribution is 0.120. The van der Waals surface area contributed by atoms with Gasteiger partial charge in [-0.25, -0.2) is 0 Å². The first-order chi connectivity index (χ1) is 7.83. The lowest BCUT2D eigenvalue weighted by atomic mass is 10.3. The van der Waals surface area contributed by atoms with E-state index >= 15 is 0 Å². The molecule has 0 saturated carbocycles. The van der Waals surface area contributed by atoms with Crippen LogP contribution in [-0.2, 0) is 4.74 Å². The fourth-order valence-corrected chi connectivity index (χ4v) is 1.98. The van der Waals surface area contributed by atoms with Crippen molar-refractivity contribution in [3.8, 4) is 0 Å². The largest absolute Gasteiger partial charge is 0.380 e. The fraction of sp³-hybridized carbons (Fsp3) is 1.00. The van der Waals surface area contributed by atoms with E-state index in [4.69, 9.17) is 4.74 Å². The van der Waals surface area contributed by atoms with Crippen molar-refractivity contribution in [2.24, 2.45) is 0 Å². The van der Waals surface area contributed by atoms with E-state index in [-0.39, 0.29) is 0 Å². The van der Waals surface area contributed by atoms with Crippen LogP contribution in [0.4, 0.5) is 0 Å². The topological polar surface area (TPSA) is 27.7 Å². The van der Waals surface area contributed by atoms with Crippen LogP contribution in [0.1, 0.15) is 13.3 Å². The molecule has 1 rings (SSSR count). The summed E-state index contributed by atoms with van der Waals surface area (Å²) in [5, 5.41) is 3.38. The fourth-order valence-electron chi connectivity index (χ4n) is 1.98. The maximum Gasteiger partial charge on any atom is 0.0593 e. The van der Waals surface area contributed by atoms with E-state index in [2.05, 4.69) is 22.2 Å². The molecule has 0 bridgehead atoms. The SMILES string of the molecule is CCOCCN(C)CCCN1CCNCC1. The van der Waals surface area contributed by atoms with Crippen molar-refractivity contribution < 1.29 is 4.74 Å². The van der Waals surface area contributed by atoms with Crippen LogP contribution in [-0.4, -0.2) is 75.9 Å². The Morgan fingerprint density at radius 1 is 1.25 bits per heavy atom. The van der Waals surface area contributed by atoms with E-state index in [0.717, 1.165) is 32.8 Å². The molecule has 0 amide bonds. The quantitative estimate of drug-likeness (QED) is 0.604. The molecule has 1 N–H and O–H groups in total. The van der Waals surface area contributed by atoms with Crippen LogP contribution in [0.15, 0.2) is 0 Å². The minimum absolute atomic E-state index is 0.828. The molecule has 0 radical (unpaired) electrons. The number of rotatable bonds is 8. The number of hydrogen-bond donors (Lipinski definition) is 1. The second-order valence-corrected chi connectivity index (χ2v) is 4.45. The number of hydrogen-bond acceptors (Lipinski definition) is 4. The minimum atomic E-state index is 0.828.